The highest BCUT2D eigenvalue weighted by molar-refractivity contribution is 14.0. The minimum Gasteiger partial charge on any atom is -0.357 e. The van der Waals surface area contributed by atoms with Crippen LogP contribution in [-0.2, 0) is 6.54 Å². The standard InChI is InChI=1S/C24H34F2N6.HI/c1-4-27-24(29-16-22(31(2)3)23-20(25)9-7-10-21(23)26)30-18-11-14-32(15-12-18)17-19-8-5-6-13-28-19;/h5-10,13,18,22H,4,11-12,14-17H2,1-3H3,(H2,27,29,30);1H. The summed E-state index contributed by atoms with van der Waals surface area (Å²) >= 11 is 0. The second kappa shape index (κ2) is 13.8. The molecule has 1 aliphatic heterocycles. The molecular formula is C24H35F2IN6. The molecule has 2 N–H and O–H groups in total. The van der Waals surface area contributed by atoms with Gasteiger partial charge < -0.3 is 15.5 Å². The van der Waals surface area contributed by atoms with E-state index in [-0.39, 0.29) is 36.1 Å². The van der Waals surface area contributed by atoms with Gasteiger partial charge in [0.1, 0.15) is 11.6 Å². The molecular weight excluding hydrogens is 537 g/mol. The first kappa shape index (κ1) is 27.4. The fourth-order valence-corrected chi connectivity index (χ4v) is 3.99. The maximum Gasteiger partial charge on any atom is 0.191 e. The second-order valence-corrected chi connectivity index (χ2v) is 8.35. The minimum atomic E-state index is -0.544. The van der Waals surface area contributed by atoms with Crippen molar-refractivity contribution in [1.82, 2.24) is 25.4 Å². The molecule has 2 aromatic rings. The number of aliphatic imine (C=N–C) groups is 1. The van der Waals surface area contributed by atoms with E-state index in [1.807, 2.05) is 39.3 Å². The Morgan fingerprint density at radius 3 is 2.42 bits per heavy atom. The first-order valence-corrected chi connectivity index (χ1v) is 11.2. The zero-order chi connectivity index (χ0) is 22.9. The van der Waals surface area contributed by atoms with Crippen LogP contribution in [0.5, 0.6) is 0 Å². The SMILES string of the molecule is CCNC(=NCC(c1c(F)cccc1F)N(C)C)NC1CCN(Cc2ccccn2)CC1.I. The summed E-state index contributed by atoms with van der Waals surface area (Å²) in [6.07, 6.45) is 3.82. The highest BCUT2D eigenvalue weighted by Crippen LogP contribution is 2.24. The molecule has 0 amide bonds. The molecule has 2 heterocycles. The van der Waals surface area contributed by atoms with Crippen molar-refractivity contribution in [1.29, 1.82) is 0 Å². The van der Waals surface area contributed by atoms with E-state index < -0.39 is 17.7 Å². The number of nitrogens with zero attached hydrogens (tertiary/aromatic N) is 4. The molecule has 0 aliphatic carbocycles. The molecule has 0 spiro atoms. The fraction of sp³-hybridized carbons (Fsp3) is 0.500. The van der Waals surface area contributed by atoms with Crippen molar-refractivity contribution in [2.45, 2.75) is 38.4 Å². The van der Waals surface area contributed by atoms with Crippen LogP contribution < -0.4 is 10.6 Å². The van der Waals surface area contributed by atoms with Crippen LogP contribution in [0.3, 0.4) is 0 Å². The number of nitrogens with one attached hydrogen (secondary N) is 2. The maximum atomic E-state index is 14.3. The Bertz CT molecular complexity index is 852. The van der Waals surface area contributed by atoms with Gasteiger partial charge in [0.05, 0.1) is 18.3 Å². The predicted octanol–water partition coefficient (Wildman–Crippen LogP) is 3.80. The van der Waals surface area contributed by atoms with Gasteiger partial charge in [-0.05, 0) is 58.1 Å². The van der Waals surface area contributed by atoms with Crippen molar-refractivity contribution < 1.29 is 8.78 Å². The Labute approximate surface area is 212 Å². The van der Waals surface area contributed by atoms with Crippen molar-refractivity contribution in [3.63, 3.8) is 0 Å². The zero-order valence-electron chi connectivity index (χ0n) is 19.6. The smallest absolute Gasteiger partial charge is 0.191 e. The van der Waals surface area contributed by atoms with Gasteiger partial charge in [-0.2, -0.15) is 0 Å². The van der Waals surface area contributed by atoms with Gasteiger partial charge in [-0.25, -0.2) is 8.78 Å². The van der Waals surface area contributed by atoms with Gasteiger partial charge >= 0.3 is 0 Å². The molecule has 1 aliphatic rings. The number of benzene rings is 1. The molecule has 0 bridgehead atoms. The Balaban J connectivity index is 0.00000385. The van der Waals surface area contributed by atoms with Crippen LogP contribution in [0.25, 0.3) is 0 Å². The number of pyridine rings is 1. The molecule has 1 saturated heterocycles. The third-order valence-corrected chi connectivity index (χ3v) is 5.76. The third kappa shape index (κ3) is 8.15. The van der Waals surface area contributed by atoms with E-state index in [1.54, 1.807) is 4.90 Å². The predicted molar refractivity (Wildman–Crippen MR) is 140 cm³/mol. The molecule has 1 atom stereocenters. The van der Waals surface area contributed by atoms with E-state index >= 15 is 0 Å². The van der Waals surface area contributed by atoms with Gasteiger partial charge in [0, 0.05) is 44.0 Å². The third-order valence-electron chi connectivity index (χ3n) is 5.76. The Hall–Kier alpha value is -1.85. The van der Waals surface area contributed by atoms with E-state index in [2.05, 4.69) is 31.6 Å². The quantitative estimate of drug-likeness (QED) is 0.287. The summed E-state index contributed by atoms with van der Waals surface area (Å²) in [4.78, 5) is 13.3. The number of halogens is 3. The number of likely N-dealkylation sites (tertiary alicyclic amines) is 1. The first-order valence-electron chi connectivity index (χ1n) is 11.2. The largest absolute Gasteiger partial charge is 0.357 e. The summed E-state index contributed by atoms with van der Waals surface area (Å²) in [7, 11) is 3.62. The Kier molecular flexibility index (Phi) is 11.4. The maximum absolute atomic E-state index is 14.3. The van der Waals surface area contributed by atoms with E-state index in [9.17, 15) is 8.78 Å². The van der Waals surface area contributed by atoms with Gasteiger partial charge in [0.25, 0.3) is 0 Å². The van der Waals surface area contributed by atoms with Gasteiger partial charge in [-0.15, -0.1) is 24.0 Å². The van der Waals surface area contributed by atoms with E-state index in [1.165, 1.54) is 18.2 Å². The first-order chi connectivity index (χ1) is 15.5. The second-order valence-electron chi connectivity index (χ2n) is 8.35. The van der Waals surface area contributed by atoms with Gasteiger partial charge in [0.2, 0.25) is 0 Å². The summed E-state index contributed by atoms with van der Waals surface area (Å²) in [5, 5.41) is 6.77. The molecule has 1 aromatic carbocycles. The molecule has 0 radical (unpaired) electrons. The van der Waals surface area contributed by atoms with Crippen LogP contribution in [0.1, 0.15) is 37.1 Å². The fourth-order valence-electron chi connectivity index (χ4n) is 3.99. The highest BCUT2D eigenvalue weighted by Gasteiger charge is 2.23. The topological polar surface area (TPSA) is 55.8 Å². The van der Waals surface area contributed by atoms with Crippen LogP contribution in [0.4, 0.5) is 8.78 Å². The molecule has 9 heteroatoms. The van der Waals surface area contributed by atoms with E-state index in [0.717, 1.165) is 38.2 Å². The summed E-state index contributed by atoms with van der Waals surface area (Å²) in [5.41, 5.74) is 1.14. The average Bonchev–Trinajstić information content (AvgIpc) is 2.77. The molecule has 1 fully saturated rings. The lowest BCUT2D eigenvalue weighted by Gasteiger charge is -2.33. The van der Waals surface area contributed by atoms with Crippen LogP contribution in [0.15, 0.2) is 47.6 Å². The number of aromatic nitrogens is 1. The molecule has 1 unspecified atom stereocenters. The van der Waals surface area contributed by atoms with Crippen molar-refractivity contribution >= 4 is 29.9 Å². The zero-order valence-corrected chi connectivity index (χ0v) is 21.9. The van der Waals surface area contributed by atoms with Crippen molar-refractivity contribution in [3.8, 4) is 0 Å². The number of hydrogen-bond acceptors (Lipinski definition) is 4. The van der Waals surface area contributed by atoms with Gasteiger partial charge in [-0.3, -0.25) is 14.9 Å². The van der Waals surface area contributed by atoms with Crippen LogP contribution >= 0.6 is 24.0 Å². The monoisotopic (exact) mass is 572 g/mol. The average molecular weight is 572 g/mol. The lowest BCUT2D eigenvalue weighted by molar-refractivity contribution is 0.196. The molecule has 0 saturated carbocycles. The molecule has 182 valence electrons. The Morgan fingerprint density at radius 1 is 1.15 bits per heavy atom. The minimum absolute atomic E-state index is 0. The molecule has 3 rings (SSSR count). The van der Waals surface area contributed by atoms with Gasteiger partial charge in [-0.1, -0.05) is 12.1 Å². The number of hydrogen-bond donors (Lipinski definition) is 2. The normalized spacial score (nSPS) is 16.4. The van der Waals surface area contributed by atoms with Gasteiger partial charge in [0.15, 0.2) is 5.96 Å². The number of guanidine groups is 1. The molecule has 1 aromatic heterocycles. The molecule has 33 heavy (non-hydrogen) atoms. The summed E-state index contributed by atoms with van der Waals surface area (Å²) in [6.45, 7) is 5.79. The van der Waals surface area contributed by atoms with Crippen LogP contribution in [0, 0.1) is 11.6 Å². The number of rotatable bonds is 8. The number of piperidine rings is 1. The highest BCUT2D eigenvalue weighted by atomic mass is 127. The van der Waals surface area contributed by atoms with Crippen molar-refractivity contribution in [2.75, 3.05) is 40.3 Å². The van der Waals surface area contributed by atoms with Crippen molar-refractivity contribution in [3.05, 3.63) is 65.5 Å². The summed E-state index contributed by atoms with van der Waals surface area (Å²) in [5.74, 6) is -0.409. The van der Waals surface area contributed by atoms with Crippen LogP contribution in [-0.4, -0.2) is 67.1 Å². The van der Waals surface area contributed by atoms with E-state index in [0.29, 0.717) is 18.5 Å². The summed E-state index contributed by atoms with van der Waals surface area (Å²) in [6, 6.07) is 9.78. The number of likely N-dealkylation sites (N-methyl/N-ethyl adjacent to an activating group) is 1. The van der Waals surface area contributed by atoms with Crippen LogP contribution in [0.2, 0.25) is 0 Å². The Morgan fingerprint density at radius 2 is 1.85 bits per heavy atom. The molecule has 6 nitrogen and oxygen atoms in total. The summed E-state index contributed by atoms with van der Waals surface area (Å²) < 4.78 is 28.7. The van der Waals surface area contributed by atoms with Crippen molar-refractivity contribution in [2.24, 2.45) is 4.99 Å². The van der Waals surface area contributed by atoms with E-state index in [4.69, 9.17) is 0 Å². The lowest BCUT2D eigenvalue weighted by atomic mass is 10.0. The lowest BCUT2D eigenvalue weighted by Crippen LogP contribution is -2.48.